The van der Waals surface area contributed by atoms with E-state index in [-0.39, 0.29) is 5.91 Å². The first-order valence-corrected chi connectivity index (χ1v) is 14.2. The summed E-state index contributed by atoms with van der Waals surface area (Å²) in [6, 6.07) is 15.6. The second kappa shape index (κ2) is 15.3. The van der Waals surface area contributed by atoms with Gasteiger partial charge in [0, 0.05) is 4.90 Å². The highest BCUT2D eigenvalue weighted by molar-refractivity contribution is 7.87. The maximum atomic E-state index is 13.6. The number of nitrogens with one attached hydrogen (secondary N) is 1. The van der Waals surface area contributed by atoms with Gasteiger partial charge < -0.3 is 4.74 Å². The lowest BCUT2D eigenvalue weighted by Gasteiger charge is -2.30. The molecule has 2 rings (SSSR count). The average Bonchev–Trinajstić information content (AvgIpc) is 2.90. The molecule has 2 aromatic rings. The maximum absolute atomic E-state index is 13.6. The quantitative estimate of drug-likeness (QED) is 0.164. The Morgan fingerprint density at radius 3 is 2.32 bits per heavy atom. The molecule has 0 aliphatic rings. The van der Waals surface area contributed by atoms with Gasteiger partial charge in [0.2, 0.25) is 0 Å². The number of carbonyl (C=O) groups excluding carboxylic acids is 1. The van der Waals surface area contributed by atoms with Crippen molar-refractivity contribution in [3.8, 4) is 11.8 Å². The fraction of sp³-hybridized carbons (Fsp3) is 0.467. The lowest BCUT2D eigenvalue weighted by atomic mass is 9.96. The van der Waals surface area contributed by atoms with E-state index >= 15 is 0 Å². The van der Waals surface area contributed by atoms with Crippen LogP contribution in [0.25, 0.3) is 5.57 Å². The molecule has 0 bridgehead atoms. The van der Waals surface area contributed by atoms with E-state index in [1.54, 1.807) is 24.3 Å². The summed E-state index contributed by atoms with van der Waals surface area (Å²) in [5.41, 5.74) is 6.53. The van der Waals surface area contributed by atoms with E-state index in [0.717, 1.165) is 37.7 Å². The number of rotatable bonds is 15. The Bertz CT molecular complexity index is 1110. The van der Waals surface area contributed by atoms with Crippen LogP contribution in [0.5, 0.6) is 5.75 Å². The predicted octanol–water partition coefficient (Wildman–Crippen LogP) is 6.45. The number of benzene rings is 2. The average molecular weight is 525 g/mol. The van der Waals surface area contributed by atoms with Crippen molar-refractivity contribution in [1.29, 1.82) is 5.26 Å². The molecule has 6 nitrogen and oxygen atoms in total. The van der Waals surface area contributed by atoms with E-state index in [0.29, 0.717) is 35.7 Å². The van der Waals surface area contributed by atoms with Gasteiger partial charge in [0.15, 0.2) is 0 Å². The van der Waals surface area contributed by atoms with Gasteiger partial charge in [-0.2, -0.15) is 5.26 Å². The minimum atomic E-state index is -1.54. The van der Waals surface area contributed by atoms with Crippen molar-refractivity contribution >= 4 is 22.3 Å². The number of ether oxygens (including phenoxy) is 1. The van der Waals surface area contributed by atoms with E-state index in [1.165, 1.54) is 18.2 Å². The lowest BCUT2D eigenvalue weighted by Crippen LogP contribution is -2.49. The van der Waals surface area contributed by atoms with Gasteiger partial charge in [0.25, 0.3) is 5.91 Å². The van der Waals surface area contributed by atoms with Crippen LogP contribution in [0.1, 0.15) is 76.0 Å². The Balaban J connectivity index is 2.00. The van der Waals surface area contributed by atoms with Crippen LogP contribution in [0, 0.1) is 18.3 Å². The van der Waals surface area contributed by atoms with Gasteiger partial charge in [0.1, 0.15) is 10.5 Å². The molecule has 0 spiro atoms. The molecule has 0 heterocycles. The van der Waals surface area contributed by atoms with Crippen LogP contribution in [-0.2, 0) is 26.9 Å². The van der Waals surface area contributed by atoms with Crippen LogP contribution in [0.4, 0.5) is 0 Å². The van der Waals surface area contributed by atoms with Crippen molar-refractivity contribution in [1.82, 2.24) is 5.48 Å². The second-order valence-corrected chi connectivity index (χ2v) is 10.9. The molecule has 37 heavy (non-hydrogen) atoms. The van der Waals surface area contributed by atoms with Crippen LogP contribution >= 0.6 is 0 Å². The zero-order chi connectivity index (χ0) is 27.3. The van der Waals surface area contributed by atoms with Crippen molar-refractivity contribution in [2.45, 2.75) is 82.3 Å². The summed E-state index contributed by atoms with van der Waals surface area (Å²) in [6.07, 6.45) is 6.90. The van der Waals surface area contributed by atoms with Gasteiger partial charge in [-0.05, 0) is 80.0 Å². The molecule has 0 aliphatic heterocycles. The zero-order valence-corrected chi connectivity index (χ0v) is 23.6. The van der Waals surface area contributed by atoms with Gasteiger partial charge >= 0.3 is 0 Å². The molecular formula is C30H40N2O4S. The summed E-state index contributed by atoms with van der Waals surface area (Å²) in [4.78, 5) is 18.3. The third kappa shape index (κ3) is 8.02. The molecule has 1 N–H and O–H groups in total. The van der Waals surface area contributed by atoms with Crippen LogP contribution in [0.2, 0.25) is 0 Å². The fourth-order valence-electron chi connectivity index (χ4n) is 4.51. The Morgan fingerprint density at radius 2 is 1.78 bits per heavy atom. The number of hydroxylamine groups is 1. The van der Waals surface area contributed by atoms with Gasteiger partial charge in [-0.25, -0.2) is 5.48 Å². The lowest BCUT2D eigenvalue weighted by molar-refractivity contribution is -0.134. The molecule has 0 aliphatic carbocycles. The zero-order valence-electron chi connectivity index (χ0n) is 22.8. The van der Waals surface area contributed by atoms with Crippen molar-refractivity contribution in [3.05, 3.63) is 65.2 Å². The SMILES string of the molecule is CCCC(CCC)(C(=O)NOC)S(=O)c1ccc(OCCC/C=C(\C#N)c2ccc(CC)c(C)c2)cc1. The number of nitrogens with zero attached hydrogens (tertiary/aromatic N) is 1. The highest BCUT2D eigenvalue weighted by atomic mass is 32.2. The van der Waals surface area contributed by atoms with E-state index in [1.807, 2.05) is 26.0 Å². The number of amides is 1. The van der Waals surface area contributed by atoms with Crippen molar-refractivity contribution < 1.29 is 18.6 Å². The van der Waals surface area contributed by atoms with Crippen molar-refractivity contribution in [3.63, 3.8) is 0 Å². The van der Waals surface area contributed by atoms with Crippen LogP contribution in [-0.4, -0.2) is 28.6 Å². The number of nitriles is 1. The number of hydrogen-bond donors (Lipinski definition) is 1. The highest BCUT2D eigenvalue weighted by Crippen LogP contribution is 2.32. The number of unbranched alkanes of at least 4 members (excludes halogenated alkanes) is 1. The molecule has 1 amide bonds. The van der Waals surface area contributed by atoms with Crippen LogP contribution in [0.3, 0.4) is 0 Å². The standard InChI is InChI=1S/C30H40N2O4S/c1-6-18-30(19-7-2,29(33)32-35-5)37(34)28-16-14-27(15-17-28)36-20-10-9-11-26(22-31)25-13-12-24(8-3)23(4)21-25/h11-17,21H,6-10,18-20H2,1-5H3,(H,32,33)/b26-11+. The van der Waals surface area contributed by atoms with E-state index in [9.17, 15) is 14.3 Å². The number of carbonyl (C=O) groups is 1. The largest absolute Gasteiger partial charge is 0.494 e. The molecule has 1 atom stereocenters. The summed E-state index contributed by atoms with van der Waals surface area (Å²) in [5.74, 6) is 0.326. The van der Waals surface area contributed by atoms with E-state index in [2.05, 4.69) is 37.5 Å². The molecule has 0 fully saturated rings. The van der Waals surface area contributed by atoms with Gasteiger partial charge in [-0.15, -0.1) is 0 Å². The molecule has 0 saturated carbocycles. The van der Waals surface area contributed by atoms with Gasteiger partial charge in [0.05, 0.1) is 36.2 Å². The Morgan fingerprint density at radius 1 is 1.11 bits per heavy atom. The topological polar surface area (TPSA) is 88.4 Å². The fourth-order valence-corrected chi connectivity index (χ4v) is 6.33. The molecule has 200 valence electrons. The molecule has 1 unspecified atom stereocenters. The minimum Gasteiger partial charge on any atom is -0.494 e. The van der Waals surface area contributed by atoms with Crippen molar-refractivity contribution in [2.75, 3.05) is 13.7 Å². The highest BCUT2D eigenvalue weighted by Gasteiger charge is 2.43. The first-order valence-electron chi connectivity index (χ1n) is 13.0. The van der Waals surface area contributed by atoms with Gasteiger partial charge in [-0.3, -0.25) is 13.8 Å². The molecular weight excluding hydrogens is 484 g/mol. The number of hydrogen-bond acceptors (Lipinski definition) is 5. The third-order valence-corrected chi connectivity index (χ3v) is 8.43. The number of aryl methyl sites for hydroxylation is 2. The molecule has 0 saturated heterocycles. The summed E-state index contributed by atoms with van der Waals surface area (Å²) >= 11 is 0. The van der Waals surface area contributed by atoms with Crippen LogP contribution in [0.15, 0.2) is 53.4 Å². The Labute approximate surface area is 224 Å². The molecule has 0 aromatic heterocycles. The van der Waals surface area contributed by atoms with E-state index < -0.39 is 15.5 Å². The molecule has 7 heteroatoms. The normalized spacial score (nSPS) is 12.6. The summed E-state index contributed by atoms with van der Waals surface area (Å²) in [5, 5.41) is 9.58. The third-order valence-electron chi connectivity index (χ3n) is 6.43. The van der Waals surface area contributed by atoms with Gasteiger partial charge in [-0.1, -0.05) is 57.9 Å². The monoisotopic (exact) mass is 524 g/mol. The van der Waals surface area contributed by atoms with Crippen LogP contribution < -0.4 is 10.2 Å². The smallest absolute Gasteiger partial charge is 0.262 e. The first kappa shape index (κ1) is 30.3. The second-order valence-electron chi connectivity index (χ2n) is 9.08. The Kier molecular flexibility index (Phi) is 12.5. The van der Waals surface area contributed by atoms with Crippen molar-refractivity contribution in [2.24, 2.45) is 0 Å². The first-order chi connectivity index (χ1) is 17.9. The summed E-state index contributed by atoms with van der Waals surface area (Å²) in [7, 11) is -0.157. The Hall–Kier alpha value is -2.95. The minimum absolute atomic E-state index is 0.348. The van der Waals surface area contributed by atoms with E-state index in [4.69, 9.17) is 9.57 Å². The predicted molar refractivity (Wildman–Crippen MR) is 149 cm³/mol. The summed E-state index contributed by atoms with van der Waals surface area (Å²) < 4.78 is 18.4. The maximum Gasteiger partial charge on any atom is 0.262 e. The molecule has 0 radical (unpaired) electrons. The number of allylic oxidation sites excluding steroid dienone is 2. The molecule has 2 aromatic carbocycles. The summed E-state index contributed by atoms with van der Waals surface area (Å²) in [6.45, 7) is 8.67.